The number of aliphatic hydroxyl groups is 1. The van der Waals surface area contributed by atoms with Crippen LogP contribution in [-0.2, 0) is 20.1 Å². The van der Waals surface area contributed by atoms with Crippen molar-refractivity contribution >= 4 is 0 Å². The predicted octanol–water partition coefficient (Wildman–Crippen LogP) is 1.89. The molecule has 0 saturated carbocycles. The molecule has 6 heteroatoms. The van der Waals surface area contributed by atoms with Crippen molar-refractivity contribution in [3.05, 3.63) is 47.8 Å². The lowest BCUT2D eigenvalue weighted by molar-refractivity contribution is 0.0499. The predicted molar refractivity (Wildman–Crippen MR) is 102 cm³/mol. The molecule has 1 saturated heterocycles. The monoisotopic (exact) mass is 358 g/mol. The fourth-order valence-electron chi connectivity index (χ4n) is 3.64. The Morgan fingerprint density at radius 1 is 1.15 bits per heavy atom. The Labute approximate surface area is 156 Å². The van der Waals surface area contributed by atoms with E-state index in [9.17, 15) is 5.11 Å². The Kier molecular flexibility index (Phi) is 6.66. The van der Waals surface area contributed by atoms with Gasteiger partial charge >= 0.3 is 0 Å². The summed E-state index contributed by atoms with van der Waals surface area (Å²) in [5.74, 6) is 0.921. The average Bonchev–Trinajstić information content (AvgIpc) is 3.04. The number of aryl methyl sites for hydroxylation is 1. The molecule has 0 spiro atoms. The van der Waals surface area contributed by atoms with Crippen molar-refractivity contribution < 1.29 is 9.84 Å². The molecule has 0 bridgehead atoms. The lowest BCUT2D eigenvalue weighted by atomic mass is 10.1. The van der Waals surface area contributed by atoms with Gasteiger partial charge in [0.05, 0.1) is 12.8 Å². The summed E-state index contributed by atoms with van der Waals surface area (Å²) in [5, 5.41) is 13.8. The second kappa shape index (κ2) is 9.16. The van der Waals surface area contributed by atoms with E-state index in [4.69, 9.17) is 4.74 Å². The number of rotatable bonds is 8. The van der Waals surface area contributed by atoms with Crippen LogP contribution >= 0.6 is 0 Å². The van der Waals surface area contributed by atoms with Crippen LogP contribution in [0.15, 0.2) is 36.7 Å². The molecule has 0 aliphatic carbocycles. The van der Waals surface area contributed by atoms with Crippen molar-refractivity contribution in [2.75, 3.05) is 32.8 Å². The summed E-state index contributed by atoms with van der Waals surface area (Å²) < 4.78 is 7.37. The molecule has 26 heavy (non-hydrogen) atoms. The van der Waals surface area contributed by atoms with E-state index in [0.29, 0.717) is 12.6 Å². The fraction of sp³-hybridized carbons (Fsp3) is 0.550. The Bertz CT molecular complexity index is 671. The minimum atomic E-state index is 0.227. The average molecular weight is 358 g/mol. The van der Waals surface area contributed by atoms with E-state index in [2.05, 4.69) is 33.2 Å². The van der Waals surface area contributed by atoms with Gasteiger partial charge in [-0.15, -0.1) is 0 Å². The Morgan fingerprint density at radius 3 is 2.62 bits per heavy atom. The Morgan fingerprint density at radius 2 is 1.96 bits per heavy atom. The lowest BCUT2D eigenvalue weighted by Crippen LogP contribution is -2.52. The molecule has 1 aromatic heterocycles. The zero-order valence-corrected chi connectivity index (χ0v) is 15.8. The Hall–Kier alpha value is -1.89. The van der Waals surface area contributed by atoms with Gasteiger partial charge < -0.3 is 9.84 Å². The zero-order valence-electron chi connectivity index (χ0n) is 15.8. The molecule has 0 unspecified atom stereocenters. The van der Waals surface area contributed by atoms with E-state index < -0.39 is 0 Å². The second-order valence-corrected chi connectivity index (χ2v) is 6.97. The number of aromatic nitrogens is 2. The topological polar surface area (TPSA) is 53.8 Å². The molecule has 1 aromatic carbocycles. The number of nitrogens with zero attached hydrogens (tertiary/aromatic N) is 4. The van der Waals surface area contributed by atoms with E-state index in [1.54, 1.807) is 0 Å². The van der Waals surface area contributed by atoms with E-state index in [-0.39, 0.29) is 6.61 Å². The van der Waals surface area contributed by atoms with Crippen LogP contribution in [0.1, 0.15) is 24.5 Å². The summed E-state index contributed by atoms with van der Waals surface area (Å²) in [7, 11) is 1.95. The molecule has 0 radical (unpaired) electrons. The van der Waals surface area contributed by atoms with Crippen molar-refractivity contribution in [1.82, 2.24) is 19.6 Å². The normalized spacial score (nSPS) is 19.0. The van der Waals surface area contributed by atoms with Crippen LogP contribution < -0.4 is 4.74 Å². The maximum Gasteiger partial charge on any atom is 0.119 e. The van der Waals surface area contributed by atoms with Gasteiger partial charge in [0, 0.05) is 64.2 Å². The van der Waals surface area contributed by atoms with Gasteiger partial charge in [-0.3, -0.25) is 14.5 Å². The molecule has 1 fully saturated rings. The van der Waals surface area contributed by atoms with Crippen molar-refractivity contribution in [3.63, 3.8) is 0 Å². The molecule has 1 aliphatic rings. The van der Waals surface area contributed by atoms with Crippen molar-refractivity contribution in [2.24, 2.45) is 7.05 Å². The molecule has 1 atom stereocenters. The third-order valence-electron chi connectivity index (χ3n) is 4.94. The first-order valence-corrected chi connectivity index (χ1v) is 9.44. The maximum atomic E-state index is 9.50. The van der Waals surface area contributed by atoms with Crippen LogP contribution in [0, 0.1) is 0 Å². The number of aliphatic hydroxyl groups excluding tert-OH is 1. The molecule has 3 rings (SSSR count). The van der Waals surface area contributed by atoms with Gasteiger partial charge in [-0.1, -0.05) is 12.1 Å². The number of hydrogen-bond donors (Lipinski definition) is 1. The molecule has 1 N–H and O–H groups in total. The first-order valence-electron chi connectivity index (χ1n) is 9.44. The van der Waals surface area contributed by atoms with Gasteiger partial charge in [0.2, 0.25) is 0 Å². The van der Waals surface area contributed by atoms with Crippen molar-refractivity contribution in [1.29, 1.82) is 0 Å². The largest absolute Gasteiger partial charge is 0.494 e. The number of hydrogen-bond acceptors (Lipinski definition) is 5. The van der Waals surface area contributed by atoms with Crippen LogP contribution in [0.3, 0.4) is 0 Å². The van der Waals surface area contributed by atoms with Crippen LogP contribution in [0.25, 0.3) is 0 Å². The van der Waals surface area contributed by atoms with E-state index >= 15 is 0 Å². The summed E-state index contributed by atoms with van der Waals surface area (Å²) in [6.07, 6.45) is 4.82. The SMILES string of the molecule is CCOc1ccc(CN2CCN(Cc3cnn(C)c3)C[C@@H]2CCO)cc1. The van der Waals surface area contributed by atoms with E-state index in [1.165, 1.54) is 11.1 Å². The minimum absolute atomic E-state index is 0.227. The van der Waals surface area contributed by atoms with Crippen LogP contribution in [-0.4, -0.2) is 63.6 Å². The summed E-state index contributed by atoms with van der Waals surface area (Å²) in [6.45, 7) is 7.78. The molecular formula is C20H30N4O2. The van der Waals surface area contributed by atoms with Gasteiger partial charge in [0.1, 0.15) is 5.75 Å². The summed E-state index contributed by atoms with van der Waals surface area (Å²) in [6, 6.07) is 8.74. The molecule has 1 aliphatic heterocycles. The van der Waals surface area contributed by atoms with Gasteiger partial charge in [0.15, 0.2) is 0 Å². The molecule has 6 nitrogen and oxygen atoms in total. The van der Waals surface area contributed by atoms with Gasteiger partial charge in [-0.05, 0) is 31.0 Å². The lowest BCUT2D eigenvalue weighted by Gasteiger charge is -2.41. The number of piperazine rings is 1. The highest BCUT2D eigenvalue weighted by atomic mass is 16.5. The highest BCUT2D eigenvalue weighted by Crippen LogP contribution is 2.20. The number of ether oxygens (including phenoxy) is 1. The standard InChI is InChI=1S/C20H30N4O2/c1-3-26-20-6-4-17(5-7-20)15-24-10-9-23(16-19(24)8-11-25)14-18-12-21-22(2)13-18/h4-7,12-13,19,25H,3,8-11,14-16H2,1-2H3/t19-/m0/s1. The summed E-state index contributed by atoms with van der Waals surface area (Å²) in [4.78, 5) is 4.96. The molecule has 0 amide bonds. The second-order valence-electron chi connectivity index (χ2n) is 6.97. The van der Waals surface area contributed by atoms with E-state index in [0.717, 1.165) is 44.9 Å². The third-order valence-corrected chi connectivity index (χ3v) is 4.94. The molecule has 2 aromatic rings. The summed E-state index contributed by atoms with van der Waals surface area (Å²) >= 11 is 0. The first kappa shape index (κ1) is 18.9. The smallest absolute Gasteiger partial charge is 0.119 e. The van der Waals surface area contributed by atoms with Crippen LogP contribution in [0.2, 0.25) is 0 Å². The fourth-order valence-corrected chi connectivity index (χ4v) is 3.64. The van der Waals surface area contributed by atoms with E-state index in [1.807, 2.05) is 37.0 Å². The quantitative estimate of drug-likeness (QED) is 0.781. The Balaban J connectivity index is 1.59. The van der Waals surface area contributed by atoms with Crippen molar-refractivity contribution in [3.8, 4) is 5.75 Å². The van der Waals surface area contributed by atoms with Crippen LogP contribution in [0.5, 0.6) is 5.75 Å². The first-order chi connectivity index (χ1) is 12.7. The van der Waals surface area contributed by atoms with Crippen molar-refractivity contribution in [2.45, 2.75) is 32.5 Å². The highest BCUT2D eigenvalue weighted by molar-refractivity contribution is 5.27. The zero-order chi connectivity index (χ0) is 18.4. The molecular weight excluding hydrogens is 328 g/mol. The van der Waals surface area contributed by atoms with Gasteiger partial charge in [-0.25, -0.2) is 0 Å². The highest BCUT2D eigenvalue weighted by Gasteiger charge is 2.26. The molecule has 2 heterocycles. The molecule has 142 valence electrons. The van der Waals surface area contributed by atoms with Crippen LogP contribution in [0.4, 0.5) is 0 Å². The minimum Gasteiger partial charge on any atom is -0.494 e. The number of benzene rings is 1. The van der Waals surface area contributed by atoms with Gasteiger partial charge in [-0.2, -0.15) is 5.10 Å². The maximum absolute atomic E-state index is 9.50. The summed E-state index contributed by atoms with van der Waals surface area (Å²) in [5.41, 5.74) is 2.53. The third kappa shape index (κ3) is 5.06. The van der Waals surface area contributed by atoms with Gasteiger partial charge in [0.25, 0.3) is 0 Å².